The fourth-order valence-corrected chi connectivity index (χ4v) is 2.04. The number of fused-ring (bicyclic) bond motifs is 1. The van der Waals surface area contributed by atoms with Crippen molar-refractivity contribution in [3.05, 3.63) is 30.5 Å². The molecule has 1 unspecified atom stereocenters. The van der Waals surface area contributed by atoms with Crippen LogP contribution in [0, 0.1) is 11.3 Å². The number of nitriles is 1. The van der Waals surface area contributed by atoms with Crippen LogP contribution in [0.25, 0.3) is 10.9 Å². The molecule has 0 saturated carbocycles. The normalized spacial score (nSPS) is 12.8. The minimum atomic E-state index is -0.118. The van der Waals surface area contributed by atoms with Crippen molar-refractivity contribution in [2.24, 2.45) is 0 Å². The van der Waals surface area contributed by atoms with Gasteiger partial charge in [0.2, 0.25) is 0 Å². The molecule has 0 amide bonds. The van der Waals surface area contributed by atoms with Crippen LogP contribution in [0.3, 0.4) is 0 Å². The van der Waals surface area contributed by atoms with Crippen LogP contribution in [0.4, 0.5) is 0 Å². The number of para-hydroxylation sites is 1. The molecule has 0 aliphatic carbocycles. The molecule has 18 heavy (non-hydrogen) atoms. The first-order valence-electron chi connectivity index (χ1n) is 6.27. The second kappa shape index (κ2) is 5.65. The highest BCUT2D eigenvalue weighted by atomic mass is 15.3. The number of nitrogens with one attached hydrogen (secondary N) is 1. The van der Waals surface area contributed by atoms with Crippen molar-refractivity contribution in [2.45, 2.75) is 38.9 Å². The summed E-state index contributed by atoms with van der Waals surface area (Å²) in [6, 6.07) is 10.6. The second-order valence-corrected chi connectivity index (χ2v) is 4.72. The summed E-state index contributed by atoms with van der Waals surface area (Å²) in [5.74, 6) is 0. The van der Waals surface area contributed by atoms with Gasteiger partial charge in [-0.3, -0.25) is 10.00 Å². The Bertz CT molecular complexity index is 550. The summed E-state index contributed by atoms with van der Waals surface area (Å²) < 4.78 is 1.96. The maximum absolute atomic E-state index is 9.07. The molecule has 0 fully saturated rings. The van der Waals surface area contributed by atoms with Gasteiger partial charge in [-0.25, -0.2) is 0 Å². The Labute approximate surface area is 107 Å². The maximum atomic E-state index is 9.07. The lowest BCUT2D eigenvalue weighted by Crippen LogP contribution is -2.34. The van der Waals surface area contributed by atoms with E-state index in [1.165, 1.54) is 0 Å². The minimum absolute atomic E-state index is 0.118. The van der Waals surface area contributed by atoms with Crippen LogP contribution in [0.2, 0.25) is 0 Å². The Morgan fingerprint density at radius 1 is 1.39 bits per heavy atom. The molecular formula is C14H18N4. The summed E-state index contributed by atoms with van der Waals surface area (Å²) >= 11 is 0. The van der Waals surface area contributed by atoms with Gasteiger partial charge in [0.05, 0.1) is 23.8 Å². The summed E-state index contributed by atoms with van der Waals surface area (Å²) in [6.07, 6.45) is 2.63. The molecule has 1 N–H and O–H groups in total. The standard InChI is InChI=1S/C14H18N4/c1-11(2)17-13(9-15)7-8-18-14-6-4-3-5-12(14)10-16-18/h3-6,10-11,13,17H,7-8H2,1-2H3. The molecule has 0 bridgehead atoms. The predicted molar refractivity (Wildman–Crippen MR) is 72.0 cm³/mol. The van der Waals surface area contributed by atoms with E-state index in [4.69, 9.17) is 5.26 Å². The first kappa shape index (κ1) is 12.6. The smallest absolute Gasteiger partial charge is 0.0972 e. The molecule has 0 spiro atoms. The first-order valence-corrected chi connectivity index (χ1v) is 6.27. The molecule has 4 nitrogen and oxygen atoms in total. The summed E-state index contributed by atoms with van der Waals surface area (Å²) in [5, 5.41) is 17.8. The number of hydrogen-bond acceptors (Lipinski definition) is 3. The third kappa shape index (κ3) is 2.88. The van der Waals surface area contributed by atoms with Crippen molar-refractivity contribution in [3.8, 4) is 6.07 Å². The Morgan fingerprint density at radius 3 is 2.89 bits per heavy atom. The Kier molecular flexibility index (Phi) is 3.96. The lowest BCUT2D eigenvalue weighted by Gasteiger charge is -2.14. The van der Waals surface area contributed by atoms with Crippen molar-refractivity contribution in [1.29, 1.82) is 5.26 Å². The van der Waals surface area contributed by atoms with Crippen LogP contribution in [0.1, 0.15) is 20.3 Å². The summed E-state index contributed by atoms with van der Waals surface area (Å²) in [6.45, 7) is 4.85. The quantitative estimate of drug-likeness (QED) is 0.875. The lowest BCUT2D eigenvalue weighted by molar-refractivity contribution is 0.466. The molecule has 94 valence electrons. The number of rotatable bonds is 5. The minimum Gasteiger partial charge on any atom is -0.300 e. The number of benzene rings is 1. The fourth-order valence-electron chi connectivity index (χ4n) is 2.04. The molecule has 0 aliphatic rings. The van der Waals surface area contributed by atoms with Gasteiger partial charge < -0.3 is 0 Å². The lowest BCUT2D eigenvalue weighted by atomic mass is 10.2. The van der Waals surface area contributed by atoms with Gasteiger partial charge in [-0.05, 0) is 26.3 Å². The topological polar surface area (TPSA) is 53.6 Å². The summed E-state index contributed by atoms with van der Waals surface area (Å²) in [7, 11) is 0. The van der Waals surface area contributed by atoms with E-state index in [1.807, 2.05) is 42.9 Å². The monoisotopic (exact) mass is 242 g/mol. The average molecular weight is 242 g/mol. The van der Waals surface area contributed by atoms with Crippen molar-refractivity contribution < 1.29 is 0 Å². The van der Waals surface area contributed by atoms with Gasteiger partial charge in [0.15, 0.2) is 0 Å². The number of aromatic nitrogens is 2. The van der Waals surface area contributed by atoms with E-state index in [9.17, 15) is 0 Å². The van der Waals surface area contributed by atoms with Crippen molar-refractivity contribution in [3.63, 3.8) is 0 Å². The molecule has 1 aromatic carbocycles. The SMILES string of the molecule is CC(C)NC(C#N)CCn1ncc2ccccc21. The average Bonchev–Trinajstić information content (AvgIpc) is 2.77. The highest BCUT2D eigenvalue weighted by molar-refractivity contribution is 5.78. The summed E-state index contributed by atoms with van der Waals surface area (Å²) in [4.78, 5) is 0. The molecule has 2 rings (SSSR count). The zero-order valence-corrected chi connectivity index (χ0v) is 10.8. The van der Waals surface area contributed by atoms with Gasteiger partial charge in [0.25, 0.3) is 0 Å². The molecule has 4 heteroatoms. The van der Waals surface area contributed by atoms with Crippen molar-refractivity contribution in [1.82, 2.24) is 15.1 Å². The highest BCUT2D eigenvalue weighted by Crippen LogP contribution is 2.13. The molecule has 1 atom stereocenters. The molecule has 0 saturated heterocycles. The molecular weight excluding hydrogens is 224 g/mol. The number of hydrogen-bond donors (Lipinski definition) is 1. The predicted octanol–water partition coefficient (Wildman–Crippen LogP) is 2.32. The number of nitrogens with zero attached hydrogens (tertiary/aromatic N) is 3. The molecule has 1 heterocycles. The van der Waals surface area contributed by atoms with Crippen LogP contribution in [0.5, 0.6) is 0 Å². The van der Waals surface area contributed by atoms with Gasteiger partial charge in [-0.1, -0.05) is 18.2 Å². The van der Waals surface area contributed by atoms with Crippen LogP contribution < -0.4 is 5.32 Å². The fraction of sp³-hybridized carbons (Fsp3) is 0.429. The molecule has 2 aromatic rings. The molecule has 1 aromatic heterocycles. The van der Waals surface area contributed by atoms with E-state index in [-0.39, 0.29) is 6.04 Å². The van der Waals surface area contributed by atoms with E-state index in [0.29, 0.717) is 6.04 Å². The van der Waals surface area contributed by atoms with Crippen LogP contribution in [-0.2, 0) is 6.54 Å². The maximum Gasteiger partial charge on any atom is 0.0972 e. The van der Waals surface area contributed by atoms with Crippen molar-refractivity contribution in [2.75, 3.05) is 0 Å². The van der Waals surface area contributed by atoms with E-state index in [1.54, 1.807) is 0 Å². The Hall–Kier alpha value is -1.86. The third-order valence-electron chi connectivity index (χ3n) is 2.87. The van der Waals surface area contributed by atoms with Gasteiger partial charge in [-0.15, -0.1) is 0 Å². The second-order valence-electron chi connectivity index (χ2n) is 4.72. The van der Waals surface area contributed by atoms with E-state index < -0.39 is 0 Å². The zero-order chi connectivity index (χ0) is 13.0. The van der Waals surface area contributed by atoms with E-state index in [2.05, 4.69) is 22.6 Å². The molecule has 0 aliphatic heterocycles. The summed E-state index contributed by atoms with van der Waals surface area (Å²) in [5.41, 5.74) is 1.12. The Morgan fingerprint density at radius 2 is 2.17 bits per heavy atom. The van der Waals surface area contributed by atoms with Crippen LogP contribution in [-0.4, -0.2) is 21.9 Å². The Balaban J connectivity index is 2.04. The van der Waals surface area contributed by atoms with Gasteiger partial charge in [0.1, 0.15) is 0 Å². The van der Waals surface area contributed by atoms with Gasteiger partial charge >= 0.3 is 0 Å². The third-order valence-corrected chi connectivity index (χ3v) is 2.87. The first-order chi connectivity index (χ1) is 8.70. The van der Waals surface area contributed by atoms with Gasteiger partial charge in [-0.2, -0.15) is 10.4 Å². The highest BCUT2D eigenvalue weighted by Gasteiger charge is 2.09. The largest absolute Gasteiger partial charge is 0.300 e. The number of aryl methyl sites for hydroxylation is 1. The van der Waals surface area contributed by atoms with Crippen LogP contribution in [0.15, 0.2) is 30.5 Å². The van der Waals surface area contributed by atoms with Gasteiger partial charge in [0, 0.05) is 18.0 Å². The zero-order valence-electron chi connectivity index (χ0n) is 10.8. The van der Waals surface area contributed by atoms with E-state index in [0.717, 1.165) is 23.9 Å². The molecule has 0 radical (unpaired) electrons. The van der Waals surface area contributed by atoms with Crippen LogP contribution >= 0.6 is 0 Å². The van der Waals surface area contributed by atoms with E-state index >= 15 is 0 Å². The van der Waals surface area contributed by atoms with Crippen molar-refractivity contribution >= 4 is 10.9 Å².